The van der Waals surface area contributed by atoms with E-state index in [1.807, 2.05) is 19.1 Å². The zero-order valence-corrected chi connectivity index (χ0v) is 11.7. The highest BCUT2D eigenvalue weighted by atomic mass is 19.1. The van der Waals surface area contributed by atoms with E-state index in [1.54, 1.807) is 12.1 Å². The van der Waals surface area contributed by atoms with Crippen molar-refractivity contribution in [3.8, 4) is 0 Å². The highest BCUT2D eigenvalue weighted by molar-refractivity contribution is 5.47. The van der Waals surface area contributed by atoms with Crippen molar-refractivity contribution in [3.05, 3.63) is 48.0 Å². The van der Waals surface area contributed by atoms with Crippen LogP contribution in [0.1, 0.15) is 31.9 Å². The van der Waals surface area contributed by atoms with E-state index in [9.17, 15) is 4.39 Å². The molecule has 2 N–H and O–H groups in total. The molecule has 2 rings (SSSR count). The summed E-state index contributed by atoms with van der Waals surface area (Å²) in [4.78, 5) is 8.30. The lowest BCUT2D eigenvalue weighted by Gasteiger charge is -2.16. The fourth-order valence-electron chi connectivity index (χ4n) is 1.91. The van der Waals surface area contributed by atoms with Gasteiger partial charge in [-0.1, -0.05) is 25.1 Å². The molecule has 1 aromatic heterocycles. The number of anilines is 2. The summed E-state index contributed by atoms with van der Waals surface area (Å²) in [6, 6.07) is 8.40. The number of nitrogens with one attached hydrogen (secondary N) is 2. The summed E-state index contributed by atoms with van der Waals surface area (Å²) in [5, 5.41) is 6.38. The molecule has 0 saturated carbocycles. The Balaban J connectivity index is 2.08. The van der Waals surface area contributed by atoms with E-state index in [0.717, 1.165) is 18.8 Å². The number of aromatic nitrogens is 2. The minimum absolute atomic E-state index is 0.162. The van der Waals surface area contributed by atoms with E-state index in [-0.39, 0.29) is 11.9 Å². The molecule has 0 aliphatic heterocycles. The molecular weight excluding hydrogens is 255 g/mol. The normalized spacial score (nSPS) is 11.9. The second-order valence-electron chi connectivity index (χ2n) is 4.60. The minimum Gasteiger partial charge on any atom is -0.370 e. The summed E-state index contributed by atoms with van der Waals surface area (Å²) >= 11 is 0. The van der Waals surface area contributed by atoms with Gasteiger partial charge in [0, 0.05) is 18.2 Å². The maximum Gasteiger partial charge on any atom is 0.131 e. The first-order chi connectivity index (χ1) is 9.70. The molecule has 0 saturated heterocycles. The van der Waals surface area contributed by atoms with Crippen molar-refractivity contribution in [2.75, 3.05) is 17.2 Å². The van der Waals surface area contributed by atoms with Gasteiger partial charge in [0.1, 0.15) is 23.8 Å². The topological polar surface area (TPSA) is 49.8 Å². The van der Waals surface area contributed by atoms with Crippen molar-refractivity contribution in [1.29, 1.82) is 0 Å². The number of halogens is 1. The van der Waals surface area contributed by atoms with Gasteiger partial charge < -0.3 is 10.6 Å². The summed E-state index contributed by atoms with van der Waals surface area (Å²) in [6.45, 7) is 4.85. The molecule has 20 heavy (non-hydrogen) atoms. The number of benzene rings is 1. The van der Waals surface area contributed by atoms with E-state index < -0.39 is 0 Å². The third kappa shape index (κ3) is 3.66. The van der Waals surface area contributed by atoms with Gasteiger partial charge in [-0.2, -0.15) is 0 Å². The zero-order valence-electron chi connectivity index (χ0n) is 11.7. The van der Waals surface area contributed by atoms with Crippen LogP contribution < -0.4 is 10.6 Å². The maximum atomic E-state index is 13.7. The molecule has 4 nitrogen and oxygen atoms in total. The molecule has 1 heterocycles. The lowest BCUT2D eigenvalue weighted by molar-refractivity contribution is 0.600. The maximum absolute atomic E-state index is 13.7. The van der Waals surface area contributed by atoms with Crippen molar-refractivity contribution in [2.45, 2.75) is 26.3 Å². The highest BCUT2D eigenvalue weighted by Crippen LogP contribution is 2.21. The average Bonchev–Trinajstić information content (AvgIpc) is 2.46. The molecule has 1 atom stereocenters. The molecular formula is C15H19FN4. The van der Waals surface area contributed by atoms with Gasteiger partial charge in [0.15, 0.2) is 0 Å². The van der Waals surface area contributed by atoms with E-state index in [4.69, 9.17) is 0 Å². The molecule has 5 heteroatoms. The SMILES string of the molecule is CCCNc1cc(NC(C)c2ccccc2F)ncn1. The fraction of sp³-hybridized carbons (Fsp3) is 0.333. The molecule has 1 unspecified atom stereocenters. The van der Waals surface area contributed by atoms with Crippen LogP contribution in [0.15, 0.2) is 36.7 Å². The summed E-state index contributed by atoms with van der Waals surface area (Å²) in [5.41, 5.74) is 0.620. The molecule has 0 spiro atoms. The highest BCUT2D eigenvalue weighted by Gasteiger charge is 2.10. The molecule has 0 radical (unpaired) electrons. The second-order valence-corrected chi connectivity index (χ2v) is 4.60. The van der Waals surface area contributed by atoms with Crippen molar-refractivity contribution >= 4 is 11.6 Å². The first-order valence-electron chi connectivity index (χ1n) is 6.77. The molecule has 2 aromatic rings. The fourth-order valence-corrected chi connectivity index (χ4v) is 1.91. The Kier molecular flexibility index (Phi) is 4.87. The zero-order chi connectivity index (χ0) is 14.4. The van der Waals surface area contributed by atoms with Crippen LogP contribution in [0.2, 0.25) is 0 Å². The quantitative estimate of drug-likeness (QED) is 0.845. The Morgan fingerprint density at radius 1 is 1.20 bits per heavy atom. The molecule has 0 aliphatic carbocycles. The van der Waals surface area contributed by atoms with E-state index >= 15 is 0 Å². The van der Waals surface area contributed by atoms with Crippen LogP contribution in [0.3, 0.4) is 0 Å². The third-order valence-electron chi connectivity index (χ3n) is 2.96. The van der Waals surface area contributed by atoms with Gasteiger partial charge in [-0.15, -0.1) is 0 Å². The van der Waals surface area contributed by atoms with Gasteiger partial charge in [0.25, 0.3) is 0 Å². The third-order valence-corrected chi connectivity index (χ3v) is 2.96. The van der Waals surface area contributed by atoms with Gasteiger partial charge in [0.05, 0.1) is 6.04 Å². The number of rotatable bonds is 6. The van der Waals surface area contributed by atoms with Crippen molar-refractivity contribution in [1.82, 2.24) is 9.97 Å². The van der Waals surface area contributed by atoms with E-state index in [0.29, 0.717) is 11.4 Å². The van der Waals surface area contributed by atoms with Crippen LogP contribution in [0.4, 0.5) is 16.0 Å². The van der Waals surface area contributed by atoms with Crippen LogP contribution in [0, 0.1) is 5.82 Å². The van der Waals surface area contributed by atoms with Crippen molar-refractivity contribution in [3.63, 3.8) is 0 Å². The van der Waals surface area contributed by atoms with Crippen molar-refractivity contribution in [2.24, 2.45) is 0 Å². The molecule has 106 valence electrons. The predicted molar refractivity (Wildman–Crippen MR) is 79.3 cm³/mol. The van der Waals surface area contributed by atoms with Gasteiger partial charge in [-0.05, 0) is 19.4 Å². The number of hydrogen-bond donors (Lipinski definition) is 2. The second kappa shape index (κ2) is 6.84. The lowest BCUT2D eigenvalue weighted by Crippen LogP contribution is -2.10. The predicted octanol–water partition coefficient (Wildman–Crippen LogP) is 3.61. The summed E-state index contributed by atoms with van der Waals surface area (Å²) < 4.78 is 13.7. The molecule has 1 aromatic carbocycles. The Labute approximate surface area is 118 Å². The van der Waals surface area contributed by atoms with Gasteiger partial charge >= 0.3 is 0 Å². The van der Waals surface area contributed by atoms with Gasteiger partial charge in [0.2, 0.25) is 0 Å². The summed E-state index contributed by atoms with van der Waals surface area (Å²) in [6.07, 6.45) is 2.52. The number of nitrogens with zero attached hydrogens (tertiary/aromatic N) is 2. The largest absolute Gasteiger partial charge is 0.370 e. The molecule has 0 aliphatic rings. The smallest absolute Gasteiger partial charge is 0.131 e. The van der Waals surface area contributed by atoms with Gasteiger partial charge in [-0.3, -0.25) is 0 Å². The molecule has 0 bridgehead atoms. The summed E-state index contributed by atoms with van der Waals surface area (Å²) in [7, 11) is 0. The first kappa shape index (κ1) is 14.2. The molecule has 0 amide bonds. The Morgan fingerprint density at radius 2 is 1.95 bits per heavy atom. The first-order valence-corrected chi connectivity index (χ1v) is 6.77. The van der Waals surface area contributed by atoms with E-state index in [2.05, 4.69) is 27.5 Å². The van der Waals surface area contributed by atoms with Gasteiger partial charge in [-0.25, -0.2) is 14.4 Å². The monoisotopic (exact) mass is 274 g/mol. The van der Waals surface area contributed by atoms with Crippen LogP contribution >= 0.6 is 0 Å². The Bertz CT molecular complexity index is 559. The van der Waals surface area contributed by atoms with Crippen molar-refractivity contribution < 1.29 is 4.39 Å². The Morgan fingerprint density at radius 3 is 2.70 bits per heavy atom. The average molecular weight is 274 g/mol. The summed E-state index contributed by atoms with van der Waals surface area (Å²) in [5.74, 6) is 1.23. The van der Waals surface area contributed by atoms with E-state index in [1.165, 1.54) is 12.4 Å². The van der Waals surface area contributed by atoms with Crippen LogP contribution in [0.25, 0.3) is 0 Å². The van der Waals surface area contributed by atoms with Crippen LogP contribution in [-0.2, 0) is 0 Å². The lowest BCUT2D eigenvalue weighted by atomic mass is 10.1. The minimum atomic E-state index is -0.217. The Hall–Kier alpha value is -2.17. The standard InChI is InChI=1S/C15H19FN4/c1-3-8-17-14-9-15(19-10-18-14)20-11(2)12-6-4-5-7-13(12)16/h4-7,9-11H,3,8H2,1-2H3,(H2,17,18,19,20). The van der Waals surface area contributed by atoms with Crippen LogP contribution in [-0.4, -0.2) is 16.5 Å². The number of hydrogen-bond acceptors (Lipinski definition) is 4. The van der Waals surface area contributed by atoms with Crippen LogP contribution in [0.5, 0.6) is 0 Å². The molecule has 0 fully saturated rings.